The summed E-state index contributed by atoms with van der Waals surface area (Å²) in [5.41, 5.74) is 2.51. The number of hydrogen-bond donors (Lipinski definition) is 3. The van der Waals surface area contributed by atoms with Gasteiger partial charge in [-0.25, -0.2) is 4.79 Å². The summed E-state index contributed by atoms with van der Waals surface area (Å²) in [5, 5.41) is 13.1. The van der Waals surface area contributed by atoms with Gasteiger partial charge in [-0.15, -0.1) is 0 Å². The molecule has 42 heavy (non-hydrogen) atoms. The highest BCUT2D eigenvalue weighted by molar-refractivity contribution is 6.14. The third-order valence-corrected chi connectivity index (χ3v) is 6.76. The van der Waals surface area contributed by atoms with Crippen LogP contribution in [0, 0.1) is 0 Å². The van der Waals surface area contributed by atoms with Gasteiger partial charge in [-0.2, -0.15) is 0 Å². The van der Waals surface area contributed by atoms with E-state index in [1.54, 1.807) is 18.3 Å². The van der Waals surface area contributed by atoms with Crippen LogP contribution in [0.1, 0.15) is 21.5 Å². The number of hydrogen-bond acceptors (Lipinski definition) is 8. The molecule has 4 aromatic rings. The van der Waals surface area contributed by atoms with Crippen LogP contribution in [0.2, 0.25) is 0 Å². The molecule has 1 aliphatic rings. The number of carbonyl (C=O) groups is 3. The average molecular weight is 573 g/mol. The SMILES string of the molecule is COc1ccc(C=C2Oc3cc(OCC(=O)N[C@@H](Cc4c[nH]c5ccccc45)C(=O)O)ccc3C2=O)c(OC)c1OC. The number of rotatable bonds is 11. The molecule has 3 aromatic carbocycles. The van der Waals surface area contributed by atoms with Gasteiger partial charge in [0.1, 0.15) is 17.5 Å². The third kappa shape index (κ3) is 5.57. The minimum absolute atomic E-state index is 0.0620. The molecule has 1 amide bonds. The van der Waals surface area contributed by atoms with Crippen LogP contribution in [0.15, 0.2) is 66.6 Å². The van der Waals surface area contributed by atoms with Crippen molar-refractivity contribution in [3.8, 4) is 28.7 Å². The number of aromatic nitrogens is 1. The van der Waals surface area contributed by atoms with Crippen LogP contribution in [-0.4, -0.2) is 61.7 Å². The smallest absolute Gasteiger partial charge is 0.326 e. The Hall–Kier alpha value is -5.45. The molecule has 0 saturated heterocycles. The fourth-order valence-electron chi connectivity index (χ4n) is 4.74. The molecule has 1 atom stereocenters. The van der Waals surface area contributed by atoms with Crippen molar-refractivity contribution < 1.29 is 43.2 Å². The molecular weight excluding hydrogens is 544 g/mol. The fourth-order valence-corrected chi connectivity index (χ4v) is 4.74. The number of amides is 1. The van der Waals surface area contributed by atoms with E-state index in [-0.39, 0.29) is 29.5 Å². The molecule has 1 aliphatic heterocycles. The van der Waals surface area contributed by atoms with E-state index in [4.69, 9.17) is 23.7 Å². The molecule has 0 unspecified atom stereocenters. The number of benzene rings is 3. The quantitative estimate of drug-likeness (QED) is 0.227. The summed E-state index contributed by atoms with van der Waals surface area (Å²) < 4.78 is 27.6. The van der Waals surface area contributed by atoms with E-state index >= 15 is 0 Å². The van der Waals surface area contributed by atoms with Crippen molar-refractivity contribution in [2.45, 2.75) is 12.5 Å². The topological polar surface area (TPSA) is 145 Å². The standard InChI is InChI=1S/C31H28N2O9/c1-38-24-11-8-17(29(39-2)30(24)40-3)13-26-28(35)21-10-9-19(14-25(21)42-26)41-16-27(34)33-23(31(36)37)12-18-15-32-22-7-5-4-6-20(18)22/h4-11,13-15,23,32H,12,16H2,1-3H3,(H,33,34)(H,36,37)/t23-/m0/s1. The number of allylic oxidation sites excluding steroid dienone is 1. The van der Waals surface area contributed by atoms with E-state index in [1.165, 1.54) is 45.6 Å². The van der Waals surface area contributed by atoms with Crippen LogP contribution in [0.5, 0.6) is 28.7 Å². The highest BCUT2D eigenvalue weighted by Gasteiger charge is 2.29. The van der Waals surface area contributed by atoms with Crippen LogP contribution in [0.25, 0.3) is 17.0 Å². The molecule has 2 heterocycles. The van der Waals surface area contributed by atoms with E-state index < -0.39 is 24.5 Å². The first-order valence-electron chi connectivity index (χ1n) is 12.9. The summed E-state index contributed by atoms with van der Waals surface area (Å²) in [7, 11) is 4.47. The van der Waals surface area contributed by atoms with Crippen LogP contribution < -0.4 is 29.0 Å². The van der Waals surface area contributed by atoms with E-state index in [0.717, 1.165) is 16.5 Å². The number of Topliss-reactive ketones (excluding diaryl/α,β-unsaturated/α-hetero) is 1. The van der Waals surface area contributed by atoms with Crippen LogP contribution in [0.3, 0.4) is 0 Å². The second-order valence-electron chi connectivity index (χ2n) is 9.33. The van der Waals surface area contributed by atoms with Gasteiger partial charge in [-0.3, -0.25) is 9.59 Å². The van der Waals surface area contributed by atoms with E-state index in [9.17, 15) is 19.5 Å². The molecule has 11 nitrogen and oxygen atoms in total. The molecule has 0 aliphatic carbocycles. The molecule has 5 rings (SSSR count). The van der Waals surface area contributed by atoms with Crippen molar-refractivity contribution in [3.05, 3.63) is 83.2 Å². The highest BCUT2D eigenvalue weighted by Crippen LogP contribution is 2.42. The highest BCUT2D eigenvalue weighted by atomic mass is 16.5. The second-order valence-corrected chi connectivity index (χ2v) is 9.33. The maximum Gasteiger partial charge on any atom is 0.326 e. The molecule has 3 N–H and O–H groups in total. The third-order valence-electron chi connectivity index (χ3n) is 6.76. The minimum atomic E-state index is -1.16. The molecule has 1 aromatic heterocycles. The van der Waals surface area contributed by atoms with Gasteiger partial charge in [0, 0.05) is 35.2 Å². The predicted octanol–water partition coefficient (Wildman–Crippen LogP) is 4.00. The van der Waals surface area contributed by atoms with E-state index in [1.807, 2.05) is 24.3 Å². The van der Waals surface area contributed by atoms with Crippen molar-refractivity contribution in [1.29, 1.82) is 0 Å². The summed E-state index contributed by atoms with van der Waals surface area (Å²) in [6, 6.07) is 14.3. The zero-order chi connectivity index (χ0) is 29.8. The first-order valence-corrected chi connectivity index (χ1v) is 12.9. The lowest BCUT2D eigenvalue weighted by atomic mass is 10.1. The van der Waals surface area contributed by atoms with Gasteiger partial charge >= 0.3 is 5.97 Å². The first kappa shape index (κ1) is 28.1. The lowest BCUT2D eigenvalue weighted by Crippen LogP contribution is -2.44. The number of carboxylic acids is 1. The molecule has 0 fully saturated rings. The van der Waals surface area contributed by atoms with E-state index in [0.29, 0.717) is 28.4 Å². The number of H-pyrrole nitrogens is 1. The van der Waals surface area contributed by atoms with Crippen molar-refractivity contribution in [3.63, 3.8) is 0 Å². The zero-order valence-electron chi connectivity index (χ0n) is 23.1. The Morgan fingerprint density at radius 3 is 2.55 bits per heavy atom. The molecule has 0 saturated carbocycles. The van der Waals surface area contributed by atoms with Gasteiger partial charge in [0.2, 0.25) is 11.5 Å². The van der Waals surface area contributed by atoms with Gasteiger partial charge in [0.05, 0.1) is 26.9 Å². The van der Waals surface area contributed by atoms with Gasteiger partial charge in [-0.1, -0.05) is 18.2 Å². The molecule has 0 bridgehead atoms. The van der Waals surface area contributed by atoms with Gasteiger partial charge in [0.15, 0.2) is 23.9 Å². The largest absolute Gasteiger partial charge is 0.493 e. The Labute approximate surface area is 240 Å². The van der Waals surface area contributed by atoms with Gasteiger partial charge in [0.25, 0.3) is 5.91 Å². The van der Waals surface area contributed by atoms with Crippen molar-refractivity contribution in [2.24, 2.45) is 0 Å². The Balaban J connectivity index is 1.25. The lowest BCUT2D eigenvalue weighted by molar-refractivity contribution is -0.142. The zero-order valence-corrected chi connectivity index (χ0v) is 23.1. The van der Waals surface area contributed by atoms with Crippen LogP contribution >= 0.6 is 0 Å². The Bertz CT molecular complexity index is 1710. The minimum Gasteiger partial charge on any atom is -0.493 e. The Morgan fingerprint density at radius 2 is 1.81 bits per heavy atom. The summed E-state index contributed by atoms with van der Waals surface area (Å²) in [5.74, 6) is -0.313. The normalized spacial score (nSPS) is 13.8. The number of nitrogens with one attached hydrogen (secondary N) is 2. The van der Waals surface area contributed by atoms with Crippen molar-refractivity contribution >= 4 is 34.6 Å². The Kier molecular flexibility index (Phi) is 8.00. The molecule has 0 spiro atoms. The van der Waals surface area contributed by atoms with Crippen molar-refractivity contribution in [2.75, 3.05) is 27.9 Å². The van der Waals surface area contributed by atoms with Gasteiger partial charge in [-0.05, 0) is 42.0 Å². The summed E-state index contributed by atoms with van der Waals surface area (Å²) >= 11 is 0. The molecular formula is C31H28N2O9. The number of carbonyl (C=O) groups excluding carboxylic acids is 2. The number of ketones is 1. The molecule has 0 radical (unpaired) electrons. The maximum absolute atomic E-state index is 13.0. The van der Waals surface area contributed by atoms with Crippen molar-refractivity contribution in [1.82, 2.24) is 10.3 Å². The number of para-hydroxylation sites is 1. The summed E-state index contributed by atoms with van der Waals surface area (Å²) in [4.78, 5) is 40.6. The number of methoxy groups -OCH3 is 3. The number of fused-ring (bicyclic) bond motifs is 2. The number of aliphatic carboxylic acids is 1. The maximum atomic E-state index is 13.0. The number of ether oxygens (including phenoxy) is 5. The second kappa shape index (κ2) is 12.0. The molecule has 216 valence electrons. The summed E-state index contributed by atoms with van der Waals surface area (Å²) in [6.45, 7) is -0.435. The van der Waals surface area contributed by atoms with Crippen LogP contribution in [0.4, 0.5) is 0 Å². The monoisotopic (exact) mass is 572 g/mol. The number of aromatic amines is 1. The fraction of sp³-hybridized carbons (Fsp3) is 0.194. The number of carboxylic acid groups (broad SMARTS) is 1. The average Bonchev–Trinajstić information content (AvgIpc) is 3.55. The lowest BCUT2D eigenvalue weighted by Gasteiger charge is -2.15. The first-order chi connectivity index (χ1) is 20.3. The van der Waals surface area contributed by atoms with E-state index in [2.05, 4.69) is 10.3 Å². The molecule has 11 heteroatoms. The Morgan fingerprint density at radius 1 is 1.02 bits per heavy atom. The predicted molar refractivity (Wildman–Crippen MR) is 153 cm³/mol. The summed E-state index contributed by atoms with van der Waals surface area (Å²) in [6.07, 6.45) is 3.37. The van der Waals surface area contributed by atoms with Gasteiger partial charge < -0.3 is 39.1 Å². The van der Waals surface area contributed by atoms with Crippen LogP contribution in [-0.2, 0) is 16.0 Å².